The Kier molecular flexibility index (Phi) is 5.85. The standard InChI is InChI=1S/C8H6Cl4F4O4/c1-19-3(17)5(9,13)7(11,15)8(12,16)6(10,14)4(18)20-2/h1-2H3. The van der Waals surface area contributed by atoms with E-state index in [1.54, 1.807) is 0 Å². The van der Waals surface area contributed by atoms with Crippen LogP contribution < -0.4 is 0 Å². The lowest BCUT2D eigenvalue weighted by Gasteiger charge is -2.38. The van der Waals surface area contributed by atoms with E-state index in [4.69, 9.17) is 46.4 Å². The van der Waals surface area contributed by atoms with Gasteiger partial charge in [-0.1, -0.05) is 46.4 Å². The maximum absolute atomic E-state index is 14.0. The van der Waals surface area contributed by atoms with Gasteiger partial charge in [0.25, 0.3) is 10.3 Å². The van der Waals surface area contributed by atoms with Gasteiger partial charge in [0.05, 0.1) is 14.2 Å². The van der Waals surface area contributed by atoms with E-state index in [9.17, 15) is 27.2 Å². The number of halogens is 8. The van der Waals surface area contributed by atoms with Crippen molar-refractivity contribution in [3.8, 4) is 0 Å². The third-order valence-corrected chi connectivity index (χ3v) is 4.23. The highest BCUT2D eigenvalue weighted by atomic mass is 35.5. The molecule has 0 saturated heterocycles. The summed E-state index contributed by atoms with van der Waals surface area (Å²) in [5, 5.41) is -18.7. The Morgan fingerprint density at radius 3 is 1.10 bits per heavy atom. The number of carbonyl (C=O) groups excluding carboxylic acids is 2. The molecule has 0 amide bonds. The van der Waals surface area contributed by atoms with E-state index in [0.717, 1.165) is 0 Å². The molecule has 0 aromatic heterocycles. The summed E-state index contributed by atoms with van der Waals surface area (Å²) in [7, 11) is 1.09. The van der Waals surface area contributed by atoms with Crippen molar-refractivity contribution in [2.24, 2.45) is 0 Å². The minimum Gasteiger partial charge on any atom is -0.466 e. The number of ether oxygens (including phenoxy) is 2. The summed E-state index contributed by atoms with van der Waals surface area (Å²) >= 11 is 19.1. The summed E-state index contributed by atoms with van der Waals surface area (Å²) in [4.78, 5) is 21.9. The Bertz CT molecular complexity index is 375. The molecule has 0 heterocycles. The molecule has 0 N–H and O–H groups in total. The van der Waals surface area contributed by atoms with Crippen molar-refractivity contribution >= 4 is 58.3 Å². The molecule has 12 heteroatoms. The highest BCUT2D eigenvalue weighted by molar-refractivity contribution is 6.48. The van der Waals surface area contributed by atoms with Gasteiger partial charge in [0, 0.05) is 0 Å². The average Bonchev–Trinajstić information content (AvgIpc) is 2.35. The second kappa shape index (κ2) is 5.90. The van der Waals surface area contributed by atoms with Crippen LogP contribution in [-0.2, 0) is 19.1 Å². The largest absolute Gasteiger partial charge is 0.466 e. The van der Waals surface area contributed by atoms with Crippen molar-refractivity contribution in [2.45, 2.75) is 20.5 Å². The van der Waals surface area contributed by atoms with Gasteiger partial charge in [-0.3, -0.25) is 0 Å². The van der Waals surface area contributed by atoms with Crippen molar-refractivity contribution in [3.63, 3.8) is 0 Å². The number of hydrogen-bond acceptors (Lipinski definition) is 4. The van der Waals surface area contributed by atoms with Gasteiger partial charge in [-0.2, -0.15) is 0 Å². The van der Waals surface area contributed by atoms with Gasteiger partial charge in [0.1, 0.15) is 0 Å². The number of esters is 2. The molecule has 20 heavy (non-hydrogen) atoms. The van der Waals surface area contributed by atoms with Crippen LogP contribution in [0.15, 0.2) is 0 Å². The fourth-order valence-corrected chi connectivity index (χ4v) is 1.83. The molecule has 0 aliphatic heterocycles. The van der Waals surface area contributed by atoms with Gasteiger partial charge in [-0.15, -0.1) is 0 Å². The Morgan fingerprint density at radius 1 is 0.750 bits per heavy atom. The first-order valence-electron chi connectivity index (χ1n) is 4.39. The normalized spacial score (nSPS) is 23.5. The second-order valence-electron chi connectivity index (χ2n) is 3.28. The van der Waals surface area contributed by atoms with E-state index < -0.39 is 32.5 Å². The summed E-state index contributed by atoms with van der Waals surface area (Å²) in [6.07, 6.45) is 0. The SMILES string of the molecule is COC(=O)C(F)(Cl)C(F)(Cl)C(F)(Cl)C(F)(Cl)C(=O)OC. The summed E-state index contributed by atoms with van der Waals surface area (Å²) in [5.41, 5.74) is 0. The highest BCUT2D eigenvalue weighted by Gasteiger charge is 2.79. The Morgan fingerprint density at radius 2 is 0.950 bits per heavy atom. The van der Waals surface area contributed by atoms with Crippen molar-refractivity contribution in [3.05, 3.63) is 0 Å². The quantitative estimate of drug-likeness (QED) is 0.416. The molecule has 0 rings (SSSR count). The van der Waals surface area contributed by atoms with Crippen LogP contribution >= 0.6 is 46.4 Å². The van der Waals surface area contributed by atoms with Gasteiger partial charge >= 0.3 is 22.2 Å². The minimum atomic E-state index is -4.83. The van der Waals surface area contributed by atoms with Gasteiger partial charge in [0.2, 0.25) is 0 Å². The first-order valence-corrected chi connectivity index (χ1v) is 5.91. The van der Waals surface area contributed by atoms with E-state index >= 15 is 0 Å². The fraction of sp³-hybridized carbons (Fsp3) is 0.750. The molecule has 4 nitrogen and oxygen atoms in total. The van der Waals surface area contributed by atoms with Gasteiger partial charge < -0.3 is 9.47 Å². The lowest BCUT2D eigenvalue weighted by atomic mass is 10.0. The predicted molar refractivity (Wildman–Crippen MR) is 62.8 cm³/mol. The fourth-order valence-electron chi connectivity index (χ4n) is 0.907. The molecule has 0 bridgehead atoms. The van der Waals surface area contributed by atoms with E-state index in [-0.39, 0.29) is 0 Å². The third kappa shape index (κ3) is 2.75. The van der Waals surface area contributed by atoms with Crippen molar-refractivity contribution in [1.82, 2.24) is 0 Å². The Labute approximate surface area is 130 Å². The molecule has 4 atom stereocenters. The van der Waals surface area contributed by atoms with Crippen LogP contribution in [0.4, 0.5) is 17.6 Å². The first-order chi connectivity index (χ1) is 8.71. The summed E-state index contributed by atoms with van der Waals surface area (Å²) in [5.74, 6) is -4.48. The number of hydrogen-bond donors (Lipinski definition) is 0. The van der Waals surface area contributed by atoms with Crippen LogP contribution in [0.2, 0.25) is 0 Å². The molecule has 0 saturated carbocycles. The molecule has 0 aromatic rings. The molecule has 0 aromatic carbocycles. The maximum atomic E-state index is 14.0. The monoisotopic (exact) mass is 382 g/mol. The number of rotatable bonds is 5. The number of carbonyl (C=O) groups is 2. The number of alkyl halides is 8. The summed E-state index contributed by atoms with van der Waals surface area (Å²) in [6, 6.07) is 0. The molecule has 0 aliphatic rings. The van der Waals surface area contributed by atoms with Crippen LogP contribution in [0.5, 0.6) is 0 Å². The zero-order valence-electron chi connectivity index (χ0n) is 9.66. The predicted octanol–water partition coefficient (Wildman–Crippen LogP) is 2.95. The smallest absolute Gasteiger partial charge is 0.364 e. The van der Waals surface area contributed by atoms with E-state index in [1.165, 1.54) is 0 Å². The highest BCUT2D eigenvalue weighted by Crippen LogP contribution is 2.57. The second-order valence-corrected chi connectivity index (χ2v) is 5.36. The van der Waals surface area contributed by atoms with E-state index in [1.807, 2.05) is 0 Å². The van der Waals surface area contributed by atoms with Crippen LogP contribution in [0.25, 0.3) is 0 Å². The summed E-state index contributed by atoms with van der Waals surface area (Å²) in [6.45, 7) is 0. The van der Waals surface area contributed by atoms with Crippen molar-refractivity contribution in [1.29, 1.82) is 0 Å². The van der Waals surface area contributed by atoms with Crippen molar-refractivity contribution < 1.29 is 36.6 Å². The van der Waals surface area contributed by atoms with E-state index in [0.29, 0.717) is 14.2 Å². The lowest BCUT2D eigenvalue weighted by molar-refractivity contribution is -0.169. The molecule has 0 aliphatic carbocycles. The van der Waals surface area contributed by atoms with Gasteiger partial charge in [-0.05, 0) is 0 Å². The van der Waals surface area contributed by atoms with Crippen LogP contribution in [0.1, 0.15) is 0 Å². The lowest BCUT2D eigenvalue weighted by Crippen LogP contribution is -2.64. The summed E-state index contributed by atoms with van der Waals surface area (Å²) < 4.78 is 62.9. The average molecular weight is 384 g/mol. The van der Waals surface area contributed by atoms with Gasteiger partial charge in [-0.25, -0.2) is 27.2 Å². The third-order valence-electron chi connectivity index (χ3n) is 2.07. The zero-order chi connectivity index (χ0) is 16.6. The van der Waals surface area contributed by atoms with Crippen LogP contribution in [0.3, 0.4) is 0 Å². The topological polar surface area (TPSA) is 52.6 Å². The molecule has 4 unspecified atom stereocenters. The molecule has 0 fully saturated rings. The van der Waals surface area contributed by atoms with E-state index in [2.05, 4.69) is 9.47 Å². The molecular formula is C8H6Cl4F4O4. The molecule has 0 spiro atoms. The zero-order valence-corrected chi connectivity index (χ0v) is 12.7. The van der Waals surface area contributed by atoms with Crippen molar-refractivity contribution in [2.75, 3.05) is 14.2 Å². The Hall–Kier alpha value is -0.180. The first kappa shape index (κ1) is 19.8. The number of methoxy groups -OCH3 is 2. The maximum Gasteiger partial charge on any atom is 0.364 e. The Balaban J connectivity index is 5.92. The molecule has 118 valence electrons. The minimum absolute atomic E-state index is 0.545. The van der Waals surface area contributed by atoms with Crippen LogP contribution in [0, 0.1) is 0 Å². The molecule has 0 radical (unpaired) electrons. The molecular weight excluding hydrogens is 378 g/mol. The van der Waals surface area contributed by atoms with Gasteiger partial charge in [0.15, 0.2) is 0 Å². The van der Waals surface area contributed by atoms with Crippen LogP contribution in [-0.4, -0.2) is 46.7 Å².